The molecule has 2 unspecified atom stereocenters. The van der Waals surface area contributed by atoms with E-state index in [2.05, 4.69) is 13.8 Å². The second-order valence-electron chi connectivity index (χ2n) is 3.88. The van der Waals surface area contributed by atoms with Crippen LogP contribution in [0.15, 0.2) is 30.3 Å². The van der Waals surface area contributed by atoms with Gasteiger partial charge in [-0.15, -0.1) is 0 Å². The summed E-state index contributed by atoms with van der Waals surface area (Å²) in [6, 6.07) is 9.42. The molecule has 1 aromatic carbocycles. The van der Waals surface area contributed by atoms with Gasteiger partial charge in [-0.3, -0.25) is 9.46 Å². The molecule has 3 nitrogen and oxygen atoms in total. The van der Waals surface area contributed by atoms with E-state index >= 15 is 0 Å². The molecule has 18 heavy (non-hydrogen) atoms. The number of hydrogen-bond donors (Lipinski definition) is 0. The van der Waals surface area contributed by atoms with Crippen LogP contribution in [0.25, 0.3) is 0 Å². The van der Waals surface area contributed by atoms with E-state index in [4.69, 9.17) is 16.3 Å². The average Bonchev–Trinajstić information content (AvgIpc) is 2.38. The Bertz CT molecular complexity index is 427. The van der Waals surface area contributed by atoms with E-state index in [1.165, 1.54) is 4.67 Å². The Kier molecular flexibility index (Phi) is 6.19. The van der Waals surface area contributed by atoms with Gasteiger partial charge < -0.3 is 4.52 Å². The summed E-state index contributed by atoms with van der Waals surface area (Å²) in [7, 11) is 1.69. The third-order valence-electron chi connectivity index (χ3n) is 2.39. The highest BCUT2D eigenvalue weighted by atomic mass is 32.9. The number of hydrogen-bond acceptors (Lipinski definition) is 4. The fraction of sp³-hybridized carbons (Fsp3) is 0.417. The van der Waals surface area contributed by atoms with E-state index in [0.717, 1.165) is 12.8 Å². The maximum atomic E-state index is 11.0. The van der Waals surface area contributed by atoms with Gasteiger partial charge in [0.2, 0.25) is 6.41 Å². The first-order valence-corrected chi connectivity index (χ1v) is 9.89. The molecule has 1 rings (SSSR count). The quantitative estimate of drug-likeness (QED) is 0.564. The highest BCUT2D eigenvalue weighted by Gasteiger charge is 2.27. The summed E-state index contributed by atoms with van der Waals surface area (Å²) >= 11 is 7.17. The molecule has 1 aromatic rings. The van der Waals surface area contributed by atoms with Crippen LogP contribution in [0, 0.1) is 0 Å². The number of carbonyl (C=O) groups is 1. The van der Waals surface area contributed by atoms with Crippen LogP contribution in [0.1, 0.15) is 20.3 Å². The first kappa shape index (κ1) is 15.5. The Hall–Kier alpha value is -0.510. The minimum absolute atomic E-state index is 0.363. The van der Waals surface area contributed by atoms with Crippen LogP contribution < -0.4 is 4.52 Å². The second kappa shape index (κ2) is 7.17. The molecule has 2 atom stereocenters. The van der Waals surface area contributed by atoms with Gasteiger partial charge in [0.15, 0.2) is 0 Å². The number of para-hydroxylation sites is 1. The lowest BCUT2D eigenvalue weighted by atomic mass is 10.3. The highest BCUT2D eigenvalue weighted by molar-refractivity contribution is 8.69. The molecule has 0 saturated carbocycles. The lowest BCUT2D eigenvalue weighted by molar-refractivity contribution is -0.113. The van der Waals surface area contributed by atoms with Gasteiger partial charge in [-0.2, -0.15) is 0 Å². The van der Waals surface area contributed by atoms with Crippen molar-refractivity contribution in [2.24, 2.45) is 0 Å². The van der Waals surface area contributed by atoms with Gasteiger partial charge >= 0.3 is 0 Å². The molecule has 0 aromatic heterocycles. The van der Waals surface area contributed by atoms with Crippen molar-refractivity contribution in [1.82, 2.24) is 4.67 Å². The highest BCUT2D eigenvalue weighted by Crippen LogP contribution is 2.62. The van der Waals surface area contributed by atoms with E-state index < -0.39 is 5.62 Å². The van der Waals surface area contributed by atoms with Crippen LogP contribution in [0.5, 0.6) is 5.75 Å². The first-order valence-electron chi connectivity index (χ1n) is 5.73. The maximum absolute atomic E-state index is 11.0. The monoisotopic (exact) mass is 303 g/mol. The molecule has 1 amide bonds. The predicted octanol–water partition coefficient (Wildman–Crippen LogP) is 3.91. The Morgan fingerprint density at radius 3 is 2.61 bits per heavy atom. The summed E-state index contributed by atoms with van der Waals surface area (Å²) < 4.78 is 7.40. The van der Waals surface area contributed by atoms with Crippen LogP contribution in [-0.4, -0.2) is 23.4 Å². The summed E-state index contributed by atoms with van der Waals surface area (Å²) in [6.45, 7) is 4.19. The van der Waals surface area contributed by atoms with Crippen molar-refractivity contribution >= 4 is 35.2 Å². The number of carbonyl (C=O) groups excluding carboxylic acids is 1. The van der Waals surface area contributed by atoms with Gasteiger partial charge in [-0.25, -0.2) is 0 Å². The zero-order valence-corrected chi connectivity index (χ0v) is 13.3. The Balaban J connectivity index is 2.91. The van der Waals surface area contributed by atoms with Crippen molar-refractivity contribution < 1.29 is 9.32 Å². The molecule has 0 aliphatic heterocycles. The van der Waals surface area contributed by atoms with Gasteiger partial charge in [-0.1, -0.05) is 43.4 Å². The third-order valence-corrected chi connectivity index (χ3v) is 9.31. The summed E-state index contributed by atoms with van der Waals surface area (Å²) in [5.41, 5.74) is -2.39. The Morgan fingerprint density at radius 1 is 1.50 bits per heavy atom. The van der Waals surface area contributed by atoms with E-state index in [1.807, 2.05) is 30.3 Å². The van der Waals surface area contributed by atoms with Crippen molar-refractivity contribution in [2.45, 2.75) is 25.5 Å². The van der Waals surface area contributed by atoms with Gasteiger partial charge in [0.25, 0.3) is 5.62 Å². The fourth-order valence-corrected chi connectivity index (χ4v) is 7.02. The first-order chi connectivity index (χ1) is 8.51. The van der Waals surface area contributed by atoms with Crippen LogP contribution >= 0.6 is 17.0 Å². The number of nitrogens with zero attached hydrogens (tertiary/aromatic N) is 1. The molecule has 0 heterocycles. The van der Waals surface area contributed by atoms with Crippen molar-refractivity contribution in [1.29, 1.82) is 0 Å². The Morgan fingerprint density at radius 2 is 2.11 bits per heavy atom. The van der Waals surface area contributed by atoms with Gasteiger partial charge in [0, 0.05) is 12.3 Å². The molecule has 0 radical (unpaired) electrons. The molecule has 0 aliphatic carbocycles. The zero-order chi connectivity index (χ0) is 13.6. The van der Waals surface area contributed by atoms with Crippen LogP contribution in [0.3, 0.4) is 0 Å². The SMILES string of the molecule is CCC(C)SP(=S)(Oc1ccccc1)N(C)C=O. The largest absolute Gasteiger partial charge is 0.440 e. The maximum Gasteiger partial charge on any atom is 0.264 e. The summed E-state index contributed by atoms with van der Waals surface area (Å²) in [5.74, 6) is 0.713. The van der Waals surface area contributed by atoms with Crippen molar-refractivity contribution in [3.63, 3.8) is 0 Å². The molecule has 6 heteroatoms. The summed E-state index contributed by atoms with van der Waals surface area (Å²) in [6.07, 6.45) is 1.74. The number of amides is 1. The lowest BCUT2D eigenvalue weighted by Gasteiger charge is -2.30. The van der Waals surface area contributed by atoms with E-state index in [0.29, 0.717) is 11.0 Å². The van der Waals surface area contributed by atoms with Gasteiger partial charge in [-0.05, 0) is 30.4 Å². The van der Waals surface area contributed by atoms with Crippen LogP contribution in [-0.2, 0) is 16.6 Å². The summed E-state index contributed by atoms with van der Waals surface area (Å²) in [5, 5.41) is 0.363. The molecule has 0 saturated heterocycles. The predicted molar refractivity (Wildman–Crippen MR) is 82.5 cm³/mol. The average molecular weight is 303 g/mol. The molecular weight excluding hydrogens is 285 g/mol. The minimum atomic E-state index is -2.39. The normalized spacial score (nSPS) is 15.5. The smallest absolute Gasteiger partial charge is 0.264 e. The lowest BCUT2D eigenvalue weighted by Crippen LogP contribution is -2.15. The van der Waals surface area contributed by atoms with Crippen molar-refractivity contribution in [3.05, 3.63) is 30.3 Å². The van der Waals surface area contributed by atoms with Crippen molar-refractivity contribution in [2.75, 3.05) is 7.05 Å². The molecular formula is C12H18NO2PS2. The molecule has 100 valence electrons. The second-order valence-corrected chi connectivity index (χ2v) is 10.9. The van der Waals surface area contributed by atoms with Crippen LogP contribution in [0.4, 0.5) is 0 Å². The van der Waals surface area contributed by atoms with E-state index in [9.17, 15) is 4.79 Å². The molecule has 0 spiro atoms. The molecule has 0 aliphatic rings. The topological polar surface area (TPSA) is 29.5 Å². The fourth-order valence-electron chi connectivity index (χ4n) is 1.13. The van der Waals surface area contributed by atoms with E-state index in [-0.39, 0.29) is 0 Å². The zero-order valence-electron chi connectivity index (χ0n) is 10.8. The van der Waals surface area contributed by atoms with Crippen LogP contribution in [0.2, 0.25) is 0 Å². The molecule has 0 bridgehead atoms. The third kappa shape index (κ3) is 4.30. The van der Waals surface area contributed by atoms with Crippen molar-refractivity contribution in [3.8, 4) is 5.75 Å². The number of rotatable bonds is 7. The Labute approximate surface area is 118 Å². The van der Waals surface area contributed by atoms with Gasteiger partial charge in [0.1, 0.15) is 5.75 Å². The van der Waals surface area contributed by atoms with E-state index in [1.54, 1.807) is 18.4 Å². The molecule has 0 fully saturated rings. The number of benzene rings is 1. The minimum Gasteiger partial charge on any atom is -0.440 e. The van der Waals surface area contributed by atoms with Gasteiger partial charge in [0.05, 0.1) is 0 Å². The standard InChI is InChI=1S/C12H18NO2PS2/c1-4-11(2)18-16(17,13(3)10-14)15-12-8-6-5-7-9-12/h5-11H,4H2,1-3H3. The summed E-state index contributed by atoms with van der Waals surface area (Å²) in [4.78, 5) is 11.0. The molecule has 0 N–H and O–H groups in total.